The van der Waals surface area contributed by atoms with E-state index < -0.39 is 39.7 Å². The third-order valence-corrected chi connectivity index (χ3v) is 13.6. The van der Waals surface area contributed by atoms with Crippen molar-refractivity contribution in [3.05, 3.63) is 11.3 Å². The molecule has 5 nitrogen and oxygen atoms in total. The summed E-state index contributed by atoms with van der Waals surface area (Å²) in [6, 6.07) is 0. The fourth-order valence-corrected chi connectivity index (χ4v) is 15.0. The normalized spacial score (nSPS) is 15.1. The first kappa shape index (κ1) is 22.0. The second-order valence-electron chi connectivity index (χ2n) is 8.38. The van der Waals surface area contributed by atoms with E-state index in [1.807, 2.05) is 0 Å². The number of carboxylic acids is 1. The van der Waals surface area contributed by atoms with E-state index in [0.29, 0.717) is 0 Å². The maximum atomic E-state index is 11.3. The Morgan fingerprint density at radius 3 is 1.23 bits per heavy atom. The van der Waals surface area contributed by atoms with Gasteiger partial charge in [-0.2, -0.15) is 0 Å². The topological polar surface area (TPSA) is 65.0 Å². The first-order chi connectivity index (χ1) is 9.45. The van der Waals surface area contributed by atoms with Gasteiger partial charge in [-0.25, -0.2) is 4.79 Å². The largest absolute Gasteiger partial charge is 0.498 e. The summed E-state index contributed by atoms with van der Waals surface area (Å²) in [5, 5.41) is 9.26. The molecular formula is C13H32O5Si4. The molecule has 0 atom stereocenters. The third-order valence-electron chi connectivity index (χ3n) is 2.08. The van der Waals surface area contributed by atoms with Crippen LogP contribution >= 0.6 is 0 Å². The molecule has 0 amide bonds. The summed E-state index contributed by atoms with van der Waals surface area (Å²) in [5.41, 5.74) is 1.85. The van der Waals surface area contributed by atoms with Gasteiger partial charge in [-0.15, -0.1) is 0 Å². The summed E-state index contributed by atoms with van der Waals surface area (Å²) in [6.45, 7) is 20.2. The van der Waals surface area contributed by atoms with Crippen molar-refractivity contribution in [3.8, 4) is 0 Å². The summed E-state index contributed by atoms with van der Waals surface area (Å²) < 4.78 is 19.1. The Kier molecular flexibility index (Phi) is 7.23. The zero-order valence-corrected chi connectivity index (χ0v) is 19.7. The van der Waals surface area contributed by atoms with Crippen LogP contribution in [0.3, 0.4) is 0 Å². The highest BCUT2D eigenvalue weighted by Gasteiger charge is 2.49. The van der Waals surface area contributed by atoms with E-state index in [4.69, 9.17) is 12.3 Å². The molecule has 0 aromatic rings. The summed E-state index contributed by atoms with van der Waals surface area (Å²) in [6.07, 6.45) is 0. The number of rotatable bonds is 8. The summed E-state index contributed by atoms with van der Waals surface area (Å²) >= 11 is 0. The van der Waals surface area contributed by atoms with Crippen molar-refractivity contribution in [1.29, 1.82) is 0 Å². The average Bonchev–Trinajstić information content (AvgIpc) is 2.06. The predicted octanol–water partition coefficient (Wildman–Crippen LogP) is 4.05. The van der Waals surface area contributed by atoms with Crippen LogP contribution < -0.4 is 0 Å². The molecule has 0 bridgehead atoms. The molecule has 22 heavy (non-hydrogen) atoms. The lowest BCUT2D eigenvalue weighted by atomic mass is 10.4. The Morgan fingerprint density at radius 1 is 0.773 bits per heavy atom. The van der Waals surface area contributed by atoms with Gasteiger partial charge < -0.3 is 17.5 Å². The maximum absolute atomic E-state index is 11.3. The molecular weight excluding hydrogens is 348 g/mol. The molecule has 0 aliphatic carbocycles. The molecule has 0 aliphatic rings. The minimum Gasteiger partial charge on any atom is -0.478 e. The summed E-state index contributed by atoms with van der Waals surface area (Å²) in [4.78, 5) is 11.3. The van der Waals surface area contributed by atoms with Gasteiger partial charge in [-0.05, 0) is 71.5 Å². The number of hydrogen-bond donors (Lipinski definition) is 1. The van der Waals surface area contributed by atoms with Crippen molar-refractivity contribution in [2.75, 3.05) is 0 Å². The Hall–Kier alpha value is -0.0425. The molecule has 0 aromatic heterocycles. The lowest BCUT2D eigenvalue weighted by Crippen LogP contribution is -2.59. The Bertz CT molecular complexity index is 388. The second kappa shape index (κ2) is 7.24. The maximum Gasteiger partial charge on any atom is 0.498 e. The van der Waals surface area contributed by atoms with Crippen LogP contribution in [0.5, 0.6) is 0 Å². The molecule has 130 valence electrons. The van der Waals surface area contributed by atoms with Crippen LogP contribution in [-0.4, -0.2) is 44.8 Å². The van der Waals surface area contributed by atoms with Gasteiger partial charge >= 0.3 is 14.8 Å². The van der Waals surface area contributed by atoms with Crippen molar-refractivity contribution in [1.82, 2.24) is 0 Å². The van der Waals surface area contributed by atoms with E-state index >= 15 is 0 Å². The average molecular weight is 381 g/mol. The molecule has 0 aliphatic heterocycles. The molecule has 0 saturated heterocycles. The second-order valence-corrected chi connectivity index (χ2v) is 25.0. The molecule has 0 fully saturated rings. The summed E-state index contributed by atoms with van der Waals surface area (Å²) in [7, 11) is -9.11. The van der Waals surface area contributed by atoms with Gasteiger partial charge in [-0.1, -0.05) is 0 Å². The van der Waals surface area contributed by atoms with Crippen molar-refractivity contribution in [2.45, 2.75) is 65.8 Å². The zero-order chi connectivity index (χ0) is 18.0. The highest BCUT2D eigenvalue weighted by Crippen LogP contribution is 2.27. The van der Waals surface area contributed by atoms with Crippen LogP contribution in [0.15, 0.2) is 11.3 Å². The zero-order valence-electron chi connectivity index (χ0n) is 15.7. The Morgan fingerprint density at radius 2 is 1.05 bits per heavy atom. The van der Waals surface area contributed by atoms with Crippen LogP contribution in [0.25, 0.3) is 0 Å². The van der Waals surface area contributed by atoms with Gasteiger partial charge in [0.25, 0.3) is 0 Å². The molecule has 0 aromatic carbocycles. The van der Waals surface area contributed by atoms with Crippen molar-refractivity contribution in [2.24, 2.45) is 0 Å². The Labute approximate surface area is 139 Å². The first-order valence-corrected chi connectivity index (χ1v) is 19.5. The molecule has 0 spiro atoms. The van der Waals surface area contributed by atoms with Crippen molar-refractivity contribution < 1.29 is 22.2 Å². The fraction of sp³-hybridized carbons (Fsp3) is 0.769. The van der Waals surface area contributed by atoms with E-state index in [2.05, 4.69) is 58.9 Å². The molecule has 9 heteroatoms. The molecule has 0 unspecified atom stereocenters. The van der Waals surface area contributed by atoms with Crippen molar-refractivity contribution >= 4 is 39.7 Å². The SMILES string of the molecule is CC(=C[Si](O[Si](C)(C)C)(O[Si](C)(C)C)O[Si](C)(C)C)C(=O)O. The van der Waals surface area contributed by atoms with E-state index in [1.165, 1.54) is 0 Å². The van der Waals surface area contributed by atoms with Crippen LogP contribution in [0.2, 0.25) is 58.9 Å². The van der Waals surface area contributed by atoms with E-state index in [-0.39, 0.29) is 5.57 Å². The fourth-order valence-electron chi connectivity index (χ4n) is 1.76. The molecule has 0 heterocycles. The number of carboxylic acid groups (broad SMARTS) is 1. The Balaban J connectivity index is 6.01. The first-order valence-electron chi connectivity index (χ1n) is 7.48. The van der Waals surface area contributed by atoms with Crippen LogP contribution in [0, 0.1) is 0 Å². The van der Waals surface area contributed by atoms with Gasteiger partial charge in [0.15, 0.2) is 25.0 Å². The predicted molar refractivity (Wildman–Crippen MR) is 100 cm³/mol. The minimum absolute atomic E-state index is 0.224. The highest BCUT2D eigenvalue weighted by atomic mass is 28.5. The highest BCUT2D eigenvalue weighted by molar-refractivity contribution is 6.92. The van der Waals surface area contributed by atoms with E-state index in [0.717, 1.165) is 0 Å². The van der Waals surface area contributed by atoms with Crippen LogP contribution in [0.1, 0.15) is 6.92 Å². The lowest BCUT2D eigenvalue weighted by Gasteiger charge is -2.41. The molecule has 0 rings (SSSR count). The van der Waals surface area contributed by atoms with Crippen LogP contribution in [-0.2, 0) is 17.1 Å². The van der Waals surface area contributed by atoms with E-state index in [9.17, 15) is 9.90 Å². The standard InChI is InChI=1S/C13H32O5Si4/c1-12(13(14)15)11-22(16-19(2,3)4,17-20(5,6)7)18-21(8,9)10/h11H,1-10H3,(H,14,15). The molecule has 0 saturated carbocycles. The smallest absolute Gasteiger partial charge is 0.478 e. The van der Waals surface area contributed by atoms with E-state index in [1.54, 1.807) is 12.6 Å². The van der Waals surface area contributed by atoms with Gasteiger partial charge in [0.1, 0.15) is 0 Å². The monoisotopic (exact) mass is 380 g/mol. The lowest BCUT2D eigenvalue weighted by molar-refractivity contribution is -0.132. The number of aliphatic carboxylic acids is 1. The van der Waals surface area contributed by atoms with Gasteiger partial charge in [0.2, 0.25) is 0 Å². The molecule has 0 radical (unpaired) electrons. The third kappa shape index (κ3) is 9.87. The minimum atomic E-state index is -3.19. The van der Waals surface area contributed by atoms with Gasteiger partial charge in [0.05, 0.1) is 0 Å². The van der Waals surface area contributed by atoms with Crippen LogP contribution in [0.4, 0.5) is 0 Å². The number of hydrogen-bond acceptors (Lipinski definition) is 4. The molecule has 1 N–H and O–H groups in total. The quantitative estimate of drug-likeness (QED) is 0.508. The number of carbonyl (C=O) groups is 1. The van der Waals surface area contributed by atoms with Gasteiger partial charge in [-0.3, -0.25) is 0 Å². The van der Waals surface area contributed by atoms with Gasteiger partial charge in [0, 0.05) is 5.57 Å². The summed E-state index contributed by atoms with van der Waals surface area (Å²) in [5.74, 6) is -0.964. The van der Waals surface area contributed by atoms with Crippen molar-refractivity contribution in [3.63, 3.8) is 0 Å².